The summed E-state index contributed by atoms with van der Waals surface area (Å²) < 4.78 is 42.2. The first-order valence-corrected chi connectivity index (χ1v) is 12.4. The maximum Gasteiger partial charge on any atom is 0.443 e. The first-order chi connectivity index (χ1) is 16.7. The van der Waals surface area contributed by atoms with Crippen molar-refractivity contribution in [2.24, 2.45) is 0 Å². The molecule has 1 amide bonds. The van der Waals surface area contributed by atoms with E-state index in [0.29, 0.717) is 59.7 Å². The van der Waals surface area contributed by atoms with Crippen LogP contribution in [0.5, 0.6) is 0 Å². The Morgan fingerprint density at radius 2 is 1.91 bits per heavy atom. The van der Waals surface area contributed by atoms with Crippen molar-refractivity contribution in [3.8, 4) is 11.3 Å². The van der Waals surface area contributed by atoms with Crippen molar-refractivity contribution >= 4 is 22.2 Å². The second-order valence-corrected chi connectivity index (χ2v) is 9.85. The molecular weight excluding hydrogens is 481 g/mol. The summed E-state index contributed by atoms with van der Waals surface area (Å²) in [6.45, 7) is 5.06. The molecule has 1 aliphatic heterocycles. The van der Waals surface area contributed by atoms with Crippen LogP contribution < -0.4 is 4.90 Å². The summed E-state index contributed by atoms with van der Waals surface area (Å²) in [7, 11) is 0. The smallest absolute Gasteiger partial charge is 0.358 e. The number of carbonyl (C=O) groups excluding carboxylic acids is 1. The van der Waals surface area contributed by atoms with Gasteiger partial charge in [0.1, 0.15) is 35.2 Å². The van der Waals surface area contributed by atoms with E-state index in [0.717, 1.165) is 18.7 Å². The van der Waals surface area contributed by atoms with Gasteiger partial charge in [0.2, 0.25) is 10.9 Å². The molecule has 4 heterocycles. The van der Waals surface area contributed by atoms with Gasteiger partial charge in [0.25, 0.3) is 0 Å². The number of alkyl halides is 3. The fourth-order valence-corrected chi connectivity index (χ4v) is 5.15. The van der Waals surface area contributed by atoms with Crippen LogP contribution in [0, 0.1) is 0 Å². The lowest BCUT2D eigenvalue weighted by atomic mass is 10.1. The van der Waals surface area contributed by atoms with Gasteiger partial charge in [0.15, 0.2) is 0 Å². The SMILES string of the molecule is CCc1ncn(CC(=O)N2CCN(c3sc(C(F)(F)F)nc3-c3cnc(C4CC4)nc3)CC2C)n1. The van der Waals surface area contributed by atoms with Crippen LogP contribution in [0.15, 0.2) is 18.7 Å². The van der Waals surface area contributed by atoms with Crippen LogP contribution in [0.4, 0.5) is 18.2 Å². The Labute approximate surface area is 204 Å². The number of halogens is 3. The third kappa shape index (κ3) is 5.00. The first-order valence-electron chi connectivity index (χ1n) is 11.6. The number of thiazole rings is 1. The molecule has 0 N–H and O–H groups in total. The molecule has 0 aromatic carbocycles. The molecule has 9 nitrogen and oxygen atoms in total. The van der Waals surface area contributed by atoms with Crippen LogP contribution in [0.2, 0.25) is 0 Å². The molecule has 1 saturated heterocycles. The first kappa shape index (κ1) is 23.6. The third-order valence-corrected chi connectivity index (χ3v) is 7.33. The van der Waals surface area contributed by atoms with E-state index in [1.54, 1.807) is 17.3 Å². The van der Waals surface area contributed by atoms with Crippen LogP contribution in [0.1, 0.15) is 49.3 Å². The summed E-state index contributed by atoms with van der Waals surface area (Å²) in [6.07, 6.45) is 2.87. The second kappa shape index (κ2) is 9.17. The predicted molar refractivity (Wildman–Crippen MR) is 123 cm³/mol. The highest BCUT2D eigenvalue weighted by Crippen LogP contribution is 2.43. The molecule has 186 valence electrons. The number of rotatable bonds is 6. The van der Waals surface area contributed by atoms with E-state index in [1.807, 2.05) is 18.7 Å². The molecule has 5 rings (SSSR count). The number of aryl methyl sites for hydroxylation is 1. The van der Waals surface area contributed by atoms with Gasteiger partial charge in [-0.25, -0.2) is 24.6 Å². The molecule has 1 aliphatic carbocycles. The lowest BCUT2D eigenvalue weighted by molar-refractivity contribution is -0.137. The van der Waals surface area contributed by atoms with Crippen molar-refractivity contribution in [2.75, 3.05) is 24.5 Å². The Bertz CT molecular complexity index is 1200. The van der Waals surface area contributed by atoms with Crippen molar-refractivity contribution in [2.45, 2.75) is 57.8 Å². The largest absolute Gasteiger partial charge is 0.443 e. The van der Waals surface area contributed by atoms with Crippen molar-refractivity contribution in [3.63, 3.8) is 0 Å². The van der Waals surface area contributed by atoms with Gasteiger partial charge in [0.05, 0.1) is 0 Å². The zero-order valence-corrected chi connectivity index (χ0v) is 20.2. The number of carbonyl (C=O) groups is 1. The van der Waals surface area contributed by atoms with E-state index >= 15 is 0 Å². The van der Waals surface area contributed by atoms with Crippen LogP contribution in [0.3, 0.4) is 0 Å². The number of nitrogens with zero attached hydrogens (tertiary/aromatic N) is 8. The summed E-state index contributed by atoms with van der Waals surface area (Å²) in [5.74, 6) is 1.64. The molecule has 1 unspecified atom stereocenters. The molecule has 0 bridgehead atoms. The zero-order valence-electron chi connectivity index (χ0n) is 19.4. The molecule has 2 fully saturated rings. The minimum atomic E-state index is -4.55. The number of aromatic nitrogens is 6. The quantitative estimate of drug-likeness (QED) is 0.506. The molecular formula is C22H25F3N8OS. The molecule has 1 saturated carbocycles. The van der Waals surface area contributed by atoms with E-state index in [1.165, 1.54) is 11.0 Å². The summed E-state index contributed by atoms with van der Waals surface area (Å²) in [5, 5.41) is 3.78. The van der Waals surface area contributed by atoms with Crippen molar-refractivity contribution in [1.82, 2.24) is 34.6 Å². The highest BCUT2D eigenvalue weighted by molar-refractivity contribution is 7.16. The van der Waals surface area contributed by atoms with Gasteiger partial charge >= 0.3 is 6.18 Å². The van der Waals surface area contributed by atoms with Crippen LogP contribution in [0.25, 0.3) is 11.3 Å². The maximum absolute atomic E-state index is 13.6. The Hall–Kier alpha value is -3.09. The summed E-state index contributed by atoms with van der Waals surface area (Å²) in [5.41, 5.74) is 0.687. The molecule has 13 heteroatoms. The van der Waals surface area contributed by atoms with Gasteiger partial charge in [-0.2, -0.15) is 18.3 Å². The highest BCUT2D eigenvalue weighted by Gasteiger charge is 2.38. The number of anilines is 1. The van der Waals surface area contributed by atoms with Gasteiger partial charge in [0, 0.05) is 56.0 Å². The third-order valence-electron chi connectivity index (χ3n) is 6.17. The Morgan fingerprint density at radius 1 is 1.17 bits per heavy atom. The lowest BCUT2D eigenvalue weighted by Gasteiger charge is -2.40. The molecule has 0 radical (unpaired) electrons. The molecule has 1 atom stereocenters. The van der Waals surface area contributed by atoms with Crippen LogP contribution in [-0.4, -0.2) is 66.2 Å². The highest BCUT2D eigenvalue weighted by atomic mass is 32.1. The molecule has 3 aromatic heterocycles. The summed E-state index contributed by atoms with van der Waals surface area (Å²) >= 11 is 0.619. The summed E-state index contributed by atoms with van der Waals surface area (Å²) in [6, 6.07) is -0.205. The molecule has 0 spiro atoms. The standard InChI is InChI=1S/C22H25F3N8OS/c1-3-16-28-12-32(30-16)11-17(34)33-7-6-31(10-13(33)2)20-18(29-21(35-20)22(23,24)25)15-8-26-19(27-9-15)14-4-5-14/h8-9,12-14H,3-7,10-11H2,1-2H3. The van der Waals surface area contributed by atoms with E-state index in [4.69, 9.17) is 0 Å². The Balaban J connectivity index is 1.35. The zero-order chi connectivity index (χ0) is 24.7. The van der Waals surface area contributed by atoms with Crippen LogP contribution in [-0.2, 0) is 23.9 Å². The normalized spacial score (nSPS) is 18.8. The molecule has 35 heavy (non-hydrogen) atoms. The second-order valence-electron chi connectivity index (χ2n) is 8.87. The molecule has 2 aliphatic rings. The van der Waals surface area contributed by atoms with Gasteiger partial charge < -0.3 is 9.80 Å². The minimum absolute atomic E-state index is 0.0754. The van der Waals surface area contributed by atoms with Gasteiger partial charge in [-0.1, -0.05) is 18.3 Å². The maximum atomic E-state index is 13.6. The number of hydrogen-bond acceptors (Lipinski definition) is 8. The topological polar surface area (TPSA) is 92.9 Å². The summed E-state index contributed by atoms with van der Waals surface area (Å²) in [4.78, 5) is 33.3. The van der Waals surface area contributed by atoms with E-state index < -0.39 is 11.2 Å². The average Bonchev–Trinajstić information content (AvgIpc) is 3.40. The predicted octanol–water partition coefficient (Wildman–Crippen LogP) is 3.39. The van der Waals surface area contributed by atoms with E-state index in [9.17, 15) is 18.0 Å². The fraction of sp³-hybridized carbons (Fsp3) is 0.545. The van der Waals surface area contributed by atoms with Crippen molar-refractivity contribution < 1.29 is 18.0 Å². The van der Waals surface area contributed by atoms with Gasteiger partial charge in [-0.05, 0) is 19.8 Å². The average molecular weight is 507 g/mol. The van der Waals surface area contributed by atoms with Crippen LogP contribution >= 0.6 is 11.3 Å². The fourth-order valence-electron chi connectivity index (χ4n) is 4.16. The van der Waals surface area contributed by atoms with E-state index in [-0.39, 0.29) is 24.2 Å². The number of piperazine rings is 1. The van der Waals surface area contributed by atoms with Gasteiger partial charge in [-0.3, -0.25) is 4.79 Å². The van der Waals surface area contributed by atoms with Gasteiger partial charge in [-0.15, -0.1) is 0 Å². The Kier molecular flexibility index (Phi) is 6.20. The van der Waals surface area contributed by atoms with Crippen molar-refractivity contribution in [1.29, 1.82) is 0 Å². The monoisotopic (exact) mass is 506 g/mol. The van der Waals surface area contributed by atoms with E-state index in [2.05, 4.69) is 25.0 Å². The number of amides is 1. The number of hydrogen-bond donors (Lipinski definition) is 0. The molecule has 3 aromatic rings. The minimum Gasteiger partial charge on any atom is -0.358 e. The lowest BCUT2D eigenvalue weighted by Crippen LogP contribution is -2.54. The Morgan fingerprint density at radius 3 is 2.51 bits per heavy atom. The van der Waals surface area contributed by atoms with Crippen molar-refractivity contribution in [3.05, 3.63) is 35.4 Å².